The van der Waals surface area contributed by atoms with E-state index < -0.39 is 0 Å². The number of fused-ring (bicyclic) bond motifs is 3. The number of nitrogens with one attached hydrogen (secondary N) is 2. The minimum Gasteiger partial charge on any atom is -0.349 e. The highest BCUT2D eigenvalue weighted by Gasteiger charge is 2.19. The van der Waals surface area contributed by atoms with Gasteiger partial charge in [0, 0.05) is 35.1 Å². The van der Waals surface area contributed by atoms with Crippen molar-refractivity contribution in [3.63, 3.8) is 0 Å². The van der Waals surface area contributed by atoms with Gasteiger partial charge in [0.15, 0.2) is 0 Å². The molecule has 5 nitrogen and oxygen atoms in total. The van der Waals surface area contributed by atoms with Crippen LogP contribution < -0.4 is 10.6 Å². The van der Waals surface area contributed by atoms with E-state index in [-0.39, 0.29) is 0 Å². The summed E-state index contributed by atoms with van der Waals surface area (Å²) < 4.78 is 0. The van der Waals surface area contributed by atoms with Crippen LogP contribution in [0.25, 0.3) is 11.3 Å². The maximum Gasteiger partial charge on any atom is 0.227 e. The molecule has 29 heavy (non-hydrogen) atoms. The van der Waals surface area contributed by atoms with Crippen LogP contribution in [0.15, 0.2) is 36.5 Å². The average Bonchev–Trinajstić information content (AvgIpc) is 2.78. The van der Waals surface area contributed by atoms with E-state index in [9.17, 15) is 0 Å². The molecule has 1 aliphatic rings. The summed E-state index contributed by atoms with van der Waals surface area (Å²) in [5.41, 5.74) is 8.12. The van der Waals surface area contributed by atoms with Crippen LogP contribution in [0.4, 0.5) is 17.3 Å². The maximum absolute atomic E-state index is 5.49. The molecule has 3 heterocycles. The minimum absolute atomic E-state index is 0.560. The Labute approximate surface area is 177 Å². The van der Waals surface area contributed by atoms with Crippen molar-refractivity contribution in [1.82, 2.24) is 15.0 Å². The molecular formula is C23H25N5S. The van der Waals surface area contributed by atoms with Crippen molar-refractivity contribution in [2.24, 2.45) is 5.92 Å². The summed E-state index contributed by atoms with van der Waals surface area (Å²) in [6, 6.07) is 10.4. The van der Waals surface area contributed by atoms with Crippen LogP contribution >= 0.6 is 12.2 Å². The Morgan fingerprint density at radius 1 is 1.14 bits per heavy atom. The highest BCUT2D eigenvalue weighted by molar-refractivity contribution is 7.80. The van der Waals surface area contributed by atoms with Crippen LogP contribution in [0.5, 0.6) is 0 Å². The van der Waals surface area contributed by atoms with E-state index in [0.717, 1.165) is 51.0 Å². The minimum atomic E-state index is 0.560. The molecule has 3 aromatic rings. The fraction of sp³-hybridized carbons (Fsp3) is 0.304. The molecule has 2 aromatic heterocycles. The number of aromatic nitrogens is 3. The molecule has 0 atom stereocenters. The molecule has 0 radical (unpaired) electrons. The predicted octanol–water partition coefficient (Wildman–Crippen LogP) is 5.39. The number of hydrogen-bond donors (Lipinski definition) is 2. The molecule has 0 unspecified atom stereocenters. The lowest BCUT2D eigenvalue weighted by Gasteiger charge is -2.13. The lowest BCUT2D eigenvalue weighted by atomic mass is 10.0. The number of pyridine rings is 1. The summed E-state index contributed by atoms with van der Waals surface area (Å²) in [5, 5.41) is 6.68. The number of anilines is 3. The smallest absolute Gasteiger partial charge is 0.227 e. The van der Waals surface area contributed by atoms with Crippen LogP contribution in [-0.4, -0.2) is 19.9 Å². The molecule has 6 heteroatoms. The third-order valence-electron chi connectivity index (χ3n) is 4.93. The van der Waals surface area contributed by atoms with Gasteiger partial charge in [0.05, 0.1) is 22.1 Å². The number of rotatable bonds is 4. The van der Waals surface area contributed by atoms with Crippen molar-refractivity contribution in [3.8, 4) is 11.3 Å². The zero-order chi connectivity index (χ0) is 20.5. The van der Waals surface area contributed by atoms with Crippen molar-refractivity contribution >= 4 is 34.5 Å². The molecule has 4 rings (SSSR count). The van der Waals surface area contributed by atoms with Gasteiger partial charge in [0.2, 0.25) is 5.95 Å². The lowest BCUT2D eigenvalue weighted by molar-refractivity contribution is 0.634. The van der Waals surface area contributed by atoms with Gasteiger partial charge in [0.1, 0.15) is 0 Å². The Morgan fingerprint density at radius 2 is 1.97 bits per heavy atom. The molecule has 0 aliphatic carbocycles. The fourth-order valence-electron chi connectivity index (χ4n) is 3.56. The van der Waals surface area contributed by atoms with Gasteiger partial charge in [-0.15, -0.1) is 0 Å². The zero-order valence-electron chi connectivity index (χ0n) is 17.2. The molecule has 2 N–H and O–H groups in total. The van der Waals surface area contributed by atoms with Gasteiger partial charge in [-0.25, -0.2) is 9.97 Å². The van der Waals surface area contributed by atoms with Gasteiger partial charge in [-0.05, 0) is 49.9 Å². The number of nitrogens with zero attached hydrogens (tertiary/aromatic N) is 3. The Bertz CT molecular complexity index is 1090. The van der Waals surface area contributed by atoms with Crippen LogP contribution in [0.2, 0.25) is 0 Å². The summed E-state index contributed by atoms with van der Waals surface area (Å²) in [5.74, 6) is 1.14. The zero-order valence-corrected chi connectivity index (χ0v) is 18.0. The van der Waals surface area contributed by atoms with E-state index in [1.807, 2.05) is 13.1 Å². The molecule has 0 saturated heterocycles. The quantitative estimate of drug-likeness (QED) is 0.569. The Morgan fingerprint density at radius 3 is 2.72 bits per heavy atom. The summed E-state index contributed by atoms with van der Waals surface area (Å²) >= 11 is 5.49. The first-order chi connectivity index (χ1) is 13.9. The number of aryl methyl sites for hydroxylation is 2. The Hall–Kier alpha value is -2.86. The average molecular weight is 404 g/mol. The molecule has 0 spiro atoms. The second-order valence-corrected chi connectivity index (χ2v) is 8.49. The monoisotopic (exact) mass is 403 g/mol. The highest BCUT2D eigenvalue weighted by Crippen LogP contribution is 2.34. The SMILES string of the molecule is Cc1ccc2c(c1)NC(=S)Cc1cnc(Nc3ccc(CC(C)C)nc3C)nc1-2. The van der Waals surface area contributed by atoms with Crippen LogP contribution in [0.1, 0.15) is 36.4 Å². The molecule has 1 aliphatic heterocycles. The summed E-state index contributed by atoms with van der Waals surface area (Å²) in [6.45, 7) is 8.48. The molecule has 0 fully saturated rings. The third kappa shape index (κ3) is 4.27. The standard InChI is InChI=1S/C23H25N5S/c1-13(2)9-17-6-8-19(15(4)25-17)27-23-24-12-16-11-21(29)26-20-10-14(3)5-7-18(20)22(16)28-23/h5-8,10,12-13H,9,11H2,1-4H3,(H,26,29)(H,24,27,28). The second kappa shape index (κ2) is 7.87. The first-order valence-electron chi connectivity index (χ1n) is 9.89. The number of thiocarbonyl (C=S) groups is 1. The summed E-state index contributed by atoms with van der Waals surface area (Å²) in [7, 11) is 0. The topological polar surface area (TPSA) is 62.7 Å². The Balaban J connectivity index is 1.69. The Kier molecular flexibility index (Phi) is 5.28. The van der Waals surface area contributed by atoms with Crippen LogP contribution in [-0.2, 0) is 12.8 Å². The summed E-state index contributed by atoms with van der Waals surface area (Å²) in [4.78, 5) is 14.9. The van der Waals surface area contributed by atoms with Gasteiger partial charge in [-0.1, -0.05) is 38.2 Å². The van der Waals surface area contributed by atoms with E-state index in [1.54, 1.807) is 0 Å². The van der Waals surface area contributed by atoms with Crippen molar-refractivity contribution in [2.75, 3.05) is 10.6 Å². The molecular weight excluding hydrogens is 378 g/mol. The van der Waals surface area contributed by atoms with Gasteiger partial charge in [-0.3, -0.25) is 4.98 Å². The van der Waals surface area contributed by atoms with Gasteiger partial charge < -0.3 is 10.6 Å². The first-order valence-corrected chi connectivity index (χ1v) is 10.3. The van der Waals surface area contributed by atoms with Gasteiger partial charge in [0.25, 0.3) is 0 Å². The normalized spacial score (nSPS) is 12.8. The van der Waals surface area contributed by atoms with Crippen molar-refractivity contribution in [2.45, 2.75) is 40.5 Å². The van der Waals surface area contributed by atoms with Crippen molar-refractivity contribution in [1.29, 1.82) is 0 Å². The van der Waals surface area contributed by atoms with Crippen LogP contribution in [0.3, 0.4) is 0 Å². The lowest BCUT2D eigenvalue weighted by Crippen LogP contribution is -2.10. The van der Waals surface area contributed by atoms with Crippen molar-refractivity contribution < 1.29 is 0 Å². The molecule has 0 amide bonds. The van der Waals surface area contributed by atoms with E-state index >= 15 is 0 Å². The largest absolute Gasteiger partial charge is 0.349 e. The first kappa shape index (κ1) is 19.5. The van der Waals surface area contributed by atoms with Gasteiger partial charge in [-0.2, -0.15) is 0 Å². The predicted molar refractivity (Wildman–Crippen MR) is 123 cm³/mol. The highest BCUT2D eigenvalue weighted by atomic mass is 32.1. The van der Waals surface area contributed by atoms with E-state index in [1.165, 1.54) is 5.56 Å². The third-order valence-corrected chi connectivity index (χ3v) is 5.17. The van der Waals surface area contributed by atoms with E-state index in [0.29, 0.717) is 18.3 Å². The van der Waals surface area contributed by atoms with E-state index in [2.05, 4.69) is 66.7 Å². The van der Waals surface area contributed by atoms with Gasteiger partial charge >= 0.3 is 0 Å². The summed E-state index contributed by atoms with van der Waals surface area (Å²) in [6.07, 6.45) is 3.46. The number of hydrogen-bond acceptors (Lipinski definition) is 5. The molecule has 1 aromatic carbocycles. The molecule has 0 bridgehead atoms. The maximum atomic E-state index is 5.49. The van der Waals surface area contributed by atoms with E-state index in [4.69, 9.17) is 22.2 Å². The fourth-order valence-corrected chi connectivity index (χ4v) is 3.83. The number of benzene rings is 1. The van der Waals surface area contributed by atoms with Crippen LogP contribution in [0, 0.1) is 19.8 Å². The second-order valence-electron chi connectivity index (χ2n) is 8.00. The molecule has 0 saturated carbocycles. The van der Waals surface area contributed by atoms with Crippen molar-refractivity contribution in [3.05, 3.63) is 59.0 Å². The molecule has 148 valence electrons.